The van der Waals surface area contributed by atoms with Gasteiger partial charge in [0.05, 0.1) is 12.1 Å². The number of carbonyl (C=O) groups is 1. The summed E-state index contributed by atoms with van der Waals surface area (Å²) in [6.07, 6.45) is 16.0. The van der Waals surface area contributed by atoms with Gasteiger partial charge in [0.1, 0.15) is 5.60 Å². The molecule has 0 atom stereocenters. The van der Waals surface area contributed by atoms with Gasteiger partial charge < -0.3 is 9.64 Å². The Hall–Kier alpha value is -2.62. The van der Waals surface area contributed by atoms with E-state index in [4.69, 9.17) is 9.73 Å². The molecule has 0 radical (unpaired) electrons. The van der Waals surface area contributed by atoms with Crippen molar-refractivity contribution in [2.45, 2.75) is 104 Å². The van der Waals surface area contributed by atoms with Crippen LogP contribution in [-0.2, 0) is 9.53 Å². The van der Waals surface area contributed by atoms with Crippen LogP contribution in [0.4, 0.5) is 0 Å². The van der Waals surface area contributed by atoms with Crippen molar-refractivity contribution in [3.63, 3.8) is 0 Å². The summed E-state index contributed by atoms with van der Waals surface area (Å²) in [4.78, 5) is 20.5. The molecule has 1 fully saturated rings. The van der Waals surface area contributed by atoms with E-state index in [0.29, 0.717) is 6.42 Å². The van der Waals surface area contributed by atoms with E-state index < -0.39 is 5.60 Å². The fraction of sp³-hybridized carbons (Fsp3) is 0.562. The number of piperidine rings is 1. The summed E-state index contributed by atoms with van der Waals surface area (Å²) in [5.41, 5.74) is 9.25. The predicted molar refractivity (Wildman–Crippen MR) is 152 cm³/mol. The first-order valence-electron chi connectivity index (χ1n) is 13.8. The van der Waals surface area contributed by atoms with Crippen molar-refractivity contribution in [1.29, 1.82) is 0 Å². The molecule has 196 valence electrons. The second-order valence-corrected chi connectivity index (χ2v) is 11.4. The van der Waals surface area contributed by atoms with E-state index >= 15 is 0 Å². The van der Waals surface area contributed by atoms with Crippen LogP contribution < -0.4 is 0 Å². The average molecular weight is 491 g/mol. The minimum Gasteiger partial charge on any atom is -0.460 e. The first-order valence-corrected chi connectivity index (χ1v) is 13.8. The molecular formula is C32H46N2O2. The molecule has 0 saturated carbocycles. The lowest BCUT2D eigenvalue weighted by molar-refractivity contribution is -0.153. The molecule has 1 aliphatic carbocycles. The molecule has 0 spiro atoms. The van der Waals surface area contributed by atoms with Crippen LogP contribution in [0.15, 0.2) is 75.6 Å². The van der Waals surface area contributed by atoms with E-state index in [-0.39, 0.29) is 5.97 Å². The molecule has 36 heavy (non-hydrogen) atoms. The maximum absolute atomic E-state index is 12.6. The van der Waals surface area contributed by atoms with E-state index in [1.807, 2.05) is 26.8 Å². The summed E-state index contributed by atoms with van der Waals surface area (Å²) in [5.74, 6) is -0.137. The summed E-state index contributed by atoms with van der Waals surface area (Å²) >= 11 is 0. The SMILES string of the molecule is C=CC(CC)=C1N=C2CCC=C(CC(=O)OC(C)(C)C)CCC2=C(N2CCCCC2)C=C1CC(=C)C. The Bertz CT molecular complexity index is 1020. The zero-order valence-electron chi connectivity index (χ0n) is 23.3. The number of aliphatic imine (C=N–C) groups is 1. The monoisotopic (exact) mass is 490 g/mol. The van der Waals surface area contributed by atoms with Gasteiger partial charge in [0.2, 0.25) is 0 Å². The van der Waals surface area contributed by atoms with Crippen molar-refractivity contribution in [3.05, 3.63) is 70.6 Å². The normalized spacial score (nSPS) is 20.7. The van der Waals surface area contributed by atoms with Gasteiger partial charge in [-0.3, -0.25) is 9.79 Å². The molecule has 4 nitrogen and oxygen atoms in total. The molecule has 0 aromatic rings. The maximum Gasteiger partial charge on any atom is 0.310 e. The van der Waals surface area contributed by atoms with Crippen molar-refractivity contribution in [1.82, 2.24) is 4.90 Å². The topological polar surface area (TPSA) is 41.9 Å². The summed E-state index contributed by atoms with van der Waals surface area (Å²) in [6, 6.07) is 0. The number of rotatable bonds is 7. The lowest BCUT2D eigenvalue weighted by atomic mass is 9.90. The van der Waals surface area contributed by atoms with Gasteiger partial charge in [-0.15, -0.1) is 0 Å². The van der Waals surface area contributed by atoms with Crippen LogP contribution in [0.25, 0.3) is 0 Å². The number of hydrogen-bond donors (Lipinski definition) is 0. The van der Waals surface area contributed by atoms with Gasteiger partial charge in [0.25, 0.3) is 0 Å². The van der Waals surface area contributed by atoms with Crippen LogP contribution >= 0.6 is 0 Å². The highest BCUT2D eigenvalue weighted by Crippen LogP contribution is 2.36. The molecule has 0 unspecified atom stereocenters. The Balaban J connectivity index is 2.06. The second kappa shape index (κ2) is 12.6. The fourth-order valence-electron chi connectivity index (χ4n) is 5.31. The molecular weight excluding hydrogens is 444 g/mol. The highest BCUT2D eigenvalue weighted by Gasteiger charge is 2.26. The Morgan fingerprint density at radius 2 is 1.86 bits per heavy atom. The quantitative estimate of drug-likeness (QED) is 0.267. The van der Waals surface area contributed by atoms with Crippen LogP contribution in [0.1, 0.15) is 98.8 Å². The first-order chi connectivity index (χ1) is 17.1. The fourth-order valence-corrected chi connectivity index (χ4v) is 5.31. The van der Waals surface area contributed by atoms with E-state index in [1.54, 1.807) is 0 Å². The van der Waals surface area contributed by atoms with Crippen molar-refractivity contribution in [2.24, 2.45) is 4.99 Å². The lowest BCUT2D eigenvalue weighted by Gasteiger charge is -2.32. The highest BCUT2D eigenvalue weighted by atomic mass is 16.6. The number of likely N-dealkylation sites (tertiary alicyclic amines) is 1. The van der Waals surface area contributed by atoms with Gasteiger partial charge in [-0.1, -0.05) is 43.4 Å². The molecule has 0 aromatic carbocycles. The Labute approximate surface area is 219 Å². The minimum absolute atomic E-state index is 0.137. The zero-order valence-corrected chi connectivity index (χ0v) is 23.3. The van der Waals surface area contributed by atoms with Crippen LogP contribution in [-0.4, -0.2) is 35.3 Å². The van der Waals surface area contributed by atoms with Crippen LogP contribution in [0.5, 0.6) is 0 Å². The first kappa shape index (κ1) is 28.0. The Morgan fingerprint density at radius 3 is 2.47 bits per heavy atom. The van der Waals surface area contributed by atoms with E-state index in [9.17, 15) is 4.79 Å². The van der Waals surface area contributed by atoms with E-state index in [1.165, 1.54) is 53.0 Å². The van der Waals surface area contributed by atoms with Gasteiger partial charge in [-0.05, 0) is 108 Å². The third-order valence-electron chi connectivity index (χ3n) is 6.94. The highest BCUT2D eigenvalue weighted by molar-refractivity contribution is 6.03. The van der Waals surface area contributed by atoms with Crippen LogP contribution in [0, 0.1) is 0 Å². The minimum atomic E-state index is -0.459. The molecule has 3 rings (SSSR count). The summed E-state index contributed by atoms with van der Waals surface area (Å²) in [7, 11) is 0. The number of fused-ring (bicyclic) bond motifs is 1. The molecule has 0 amide bonds. The largest absolute Gasteiger partial charge is 0.460 e. The molecule has 1 saturated heterocycles. The number of nitrogens with zero attached hydrogens (tertiary/aromatic N) is 2. The van der Waals surface area contributed by atoms with Crippen molar-refractivity contribution >= 4 is 11.7 Å². The molecule has 0 bridgehead atoms. The van der Waals surface area contributed by atoms with Gasteiger partial charge in [0, 0.05) is 24.5 Å². The summed E-state index contributed by atoms with van der Waals surface area (Å²) < 4.78 is 5.61. The molecule has 3 aliphatic rings. The van der Waals surface area contributed by atoms with Crippen molar-refractivity contribution < 1.29 is 9.53 Å². The van der Waals surface area contributed by atoms with Gasteiger partial charge >= 0.3 is 5.97 Å². The molecule has 0 aromatic heterocycles. The summed E-state index contributed by atoms with van der Waals surface area (Å²) in [6.45, 7) is 20.6. The standard InChI is InChI=1S/C32H46N2O2/c1-8-25(9-2)31-26(20-23(3)4)22-29(34-18-11-10-12-19-34)27-17-16-24(14-13-15-28(27)33-31)21-30(35)36-32(5,6)7/h8,14,22H,1,3,9-13,15-21H2,2,4-7H3. The Kier molecular flexibility index (Phi) is 9.76. The number of esters is 1. The van der Waals surface area contributed by atoms with Crippen molar-refractivity contribution in [2.75, 3.05) is 13.1 Å². The predicted octanol–water partition coefficient (Wildman–Crippen LogP) is 8.16. The average Bonchev–Trinajstić information content (AvgIpc) is 2.93. The van der Waals surface area contributed by atoms with Gasteiger partial charge in [-0.25, -0.2) is 0 Å². The maximum atomic E-state index is 12.6. The van der Waals surface area contributed by atoms with Crippen molar-refractivity contribution in [3.8, 4) is 0 Å². The van der Waals surface area contributed by atoms with Crippen LogP contribution in [0.3, 0.4) is 0 Å². The van der Waals surface area contributed by atoms with E-state index in [2.05, 4.69) is 44.1 Å². The smallest absolute Gasteiger partial charge is 0.310 e. The molecule has 2 aliphatic heterocycles. The molecule has 0 N–H and O–H groups in total. The second-order valence-electron chi connectivity index (χ2n) is 11.4. The number of ether oxygens (including phenoxy) is 1. The third kappa shape index (κ3) is 7.69. The molecule has 2 heterocycles. The van der Waals surface area contributed by atoms with Crippen LogP contribution in [0.2, 0.25) is 0 Å². The Morgan fingerprint density at radius 1 is 1.14 bits per heavy atom. The third-order valence-corrected chi connectivity index (χ3v) is 6.94. The van der Waals surface area contributed by atoms with E-state index in [0.717, 1.165) is 62.9 Å². The number of hydrogen-bond acceptors (Lipinski definition) is 4. The molecule has 4 heteroatoms. The van der Waals surface area contributed by atoms with Gasteiger partial charge in [-0.2, -0.15) is 0 Å². The number of allylic oxidation sites excluding steroid dienone is 7. The lowest BCUT2D eigenvalue weighted by Crippen LogP contribution is -2.30. The van der Waals surface area contributed by atoms with Gasteiger partial charge in [0.15, 0.2) is 0 Å². The zero-order chi connectivity index (χ0) is 26.3. The number of carbonyl (C=O) groups excluding carboxylic acids is 1. The summed E-state index contributed by atoms with van der Waals surface area (Å²) in [5, 5.41) is 0.